The van der Waals surface area contributed by atoms with E-state index in [1.165, 1.54) is 32.4 Å². The normalized spacial score (nSPS) is 18.1. The quantitative estimate of drug-likeness (QED) is 0.778. The first kappa shape index (κ1) is 15.3. The van der Waals surface area contributed by atoms with Crippen molar-refractivity contribution < 1.29 is 4.74 Å². The van der Waals surface area contributed by atoms with Gasteiger partial charge in [0.15, 0.2) is 0 Å². The number of hydrogen-bond acceptors (Lipinski definition) is 4. The molecule has 1 atom stereocenters. The van der Waals surface area contributed by atoms with Crippen molar-refractivity contribution >= 4 is 5.95 Å². The summed E-state index contributed by atoms with van der Waals surface area (Å²) < 4.78 is 7.35. The van der Waals surface area contributed by atoms with E-state index in [4.69, 9.17) is 4.74 Å². The van der Waals surface area contributed by atoms with E-state index in [2.05, 4.69) is 32.9 Å². The number of imidazole rings is 1. The number of hydrogen-bond donors (Lipinski definition) is 1. The van der Waals surface area contributed by atoms with Gasteiger partial charge in [-0.25, -0.2) is 4.98 Å². The van der Waals surface area contributed by atoms with Crippen LogP contribution in [-0.2, 0) is 4.74 Å². The summed E-state index contributed by atoms with van der Waals surface area (Å²) in [4.78, 5) is 7.15. The van der Waals surface area contributed by atoms with Crippen LogP contribution in [0.15, 0.2) is 6.20 Å². The fourth-order valence-corrected chi connectivity index (χ4v) is 2.85. The third-order valence-corrected chi connectivity index (χ3v) is 3.89. The molecular weight excluding hydrogens is 252 g/mol. The molecule has 1 unspecified atom stereocenters. The molecule has 2 rings (SSSR count). The Bertz CT molecular complexity index is 399. The second-order valence-electron chi connectivity index (χ2n) is 5.74. The van der Waals surface area contributed by atoms with Crippen LogP contribution < -0.4 is 5.32 Å². The van der Waals surface area contributed by atoms with Crippen LogP contribution in [0, 0.1) is 6.92 Å². The summed E-state index contributed by atoms with van der Waals surface area (Å²) in [6.07, 6.45) is 6.21. The van der Waals surface area contributed by atoms with E-state index < -0.39 is 0 Å². The molecule has 5 nitrogen and oxygen atoms in total. The SMILES string of the molecule is COCCNc1nc(C)cn1C(C)CN1CCCCC1. The van der Waals surface area contributed by atoms with E-state index in [0.717, 1.165) is 24.7 Å². The van der Waals surface area contributed by atoms with E-state index in [1.807, 2.05) is 6.92 Å². The largest absolute Gasteiger partial charge is 0.383 e. The third kappa shape index (κ3) is 4.21. The van der Waals surface area contributed by atoms with Gasteiger partial charge in [-0.2, -0.15) is 0 Å². The average molecular weight is 280 g/mol. The van der Waals surface area contributed by atoms with Gasteiger partial charge in [0.2, 0.25) is 5.95 Å². The molecule has 1 fully saturated rings. The molecule has 1 aromatic heterocycles. The van der Waals surface area contributed by atoms with Crippen LogP contribution in [-0.4, -0.2) is 54.3 Å². The van der Waals surface area contributed by atoms with Gasteiger partial charge >= 0.3 is 0 Å². The van der Waals surface area contributed by atoms with Crippen molar-refractivity contribution in [2.75, 3.05) is 45.2 Å². The highest BCUT2D eigenvalue weighted by atomic mass is 16.5. The number of ether oxygens (including phenoxy) is 1. The Labute approximate surface area is 122 Å². The molecule has 0 spiro atoms. The van der Waals surface area contributed by atoms with Gasteiger partial charge in [-0.15, -0.1) is 0 Å². The number of likely N-dealkylation sites (tertiary alicyclic amines) is 1. The maximum Gasteiger partial charge on any atom is 0.203 e. The molecule has 20 heavy (non-hydrogen) atoms. The Morgan fingerprint density at radius 1 is 1.35 bits per heavy atom. The van der Waals surface area contributed by atoms with Gasteiger partial charge in [-0.05, 0) is 39.8 Å². The standard InChI is InChI=1S/C15H28N4O/c1-13-11-19(15(17-13)16-7-10-20-3)14(2)12-18-8-5-4-6-9-18/h11,14H,4-10,12H2,1-3H3,(H,16,17). The minimum atomic E-state index is 0.444. The molecule has 114 valence electrons. The number of nitrogens with one attached hydrogen (secondary N) is 1. The highest BCUT2D eigenvalue weighted by Gasteiger charge is 2.17. The number of piperidine rings is 1. The number of aryl methyl sites for hydroxylation is 1. The smallest absolute Gasteiger partial charge is 0.203 e. The van der Waals surface area contributed by atoms with Crippen LogP contribution in [0.4, 0.5) is 5.95 Å². The zero-order valence-corrected chi connectivity index (χ0v) is 13.1. The monoisotopic (exact) mass is 280 g/mol. The predicted octanol–water partition coefficient (Wildman–Crippen LogP) is 2.30. The minimum absolute atomic E-state index is 0.444. The molecule has 0 bridgehead atoms. The minimum Gasteiger partial charge on any atom is -0.383 e. The number of aromatic nitrogens is 2. The van der Waals surface area contributed by atoms with Gasteiger partial charge in [0, 0.05) is 32.4 Å². The lowest BCUT2D eigenvalue weighted by Crippen LogP contribution is -2.34. The molecule has 0 aromatic carbocycles. The summed E-state index contributed by atoms with van der Waals surface area (Å²) in [6.45, 7) is 9.41. The zero-order chi connectivity index (χ0) is 14.4. The van der Waals surface area contributed by atoms with E-state index in [-0.39, 0.29) is 0 Å². The van der Waals surface area contributed by atoms with Crippen LogP contribution in [0.5, 0.6) is 0 Å². The molecule has 0 radical (unpaired) electrons. The molecular formula is C15H28N4O. The van der Waals surface area contributed by atoms with Gasteiger partial charge in [0.25, 0.3) is 0 Å². The Hall–Kier alpha value is -1.07. The van der Waals surface area contributed by atoms with E-state index in [9.17, 15) is 0 Å². The van der Waals surface area contributed by atoms with E-state index >= 15 is 0 Å². The highest BCUT2D eigenvalue weighted by molar-refractivity contribution is 5.29. The van der Waals surface area contributed by atoms with Gasteiger partial charge < -0.3 is 19.5 Å². The van der Waals surface area contributed by atoms with Crippen molar-refractivity contribution in [1.29, 1.82) is 0 Å². The van der Waals surface area contributed by atoms with Gasteiger partial charge in [0.1, 0.15) is 0 Å². The molecule has 1 N–H and O–H groups in total. The molecule has 1 aromatic rings. The second kappa shape index (κ2) is 7.64. The van der Waals surface area contributed by atoms with E-state index in [0.29, 0.717) is 12.6 Å². The van der Waals surface area contributed by atoms with Crippen LogP contribution in [0.1, 0.15) is 37.9 Å². The number of methoxy groups -OCH3 is 1. The maximum atomic E-state index is 5.08. The Kier molecular flexibility index (Phi) is 5.86. The Balaban J connectivity index is 1.94. The molecule has 1 saturated heterocycles. The predicted molar refractivity (Wildman–Crippen MR) is 82.3 cm³/mol. The first-order chi connectivity index (χ1) is 9.70. The van der Waals surface area contributed by atoms with Crippen molar-refractivity contribution in [3.63, 3.8) is 0 Å². The van der Waals surface area contributed by atoms with Crippen molar-refractivity contribution in [2.24, 2.45) is 0 Å². The molecule has 1 aliphatic rings. The molecule has 0 amide bonds. The Morgan fingerprint density at radius 3 is 2.80 bits per heavy atom. The first-order valence-electron chi connectivity index (χ1n) is 7.71. The second-order valence-corrected chi connectivity index (χ2v) is 5.74. The number of rotatable bonds is 7. The summed E-state index contributed by atoms with van der Waals surface area (Å²) in [7, 11) is 1.72. The van der Waals surface area contributed by atoms with Crippen LogP contribution in [0.3, 0.4) is 0 Å². The molecule has 0 saturated carbocycles. The number of anilines is 1. The van der Waals surface area contributed by atoms with Gasteiger partial charge in [-0.3, -0.25) is 0 Å². The van der Waals surface area contributed by atoms with Crippen molar-refractivity contribution in [3.8, 4) is 0 Å². The highest BCUT2D eigenvalue weighted by Crippen LogP contribution is 2.19. The lowest BCUT2D eigenvalue weighted by atomic mass is 10.1. The van der Waals surface area contributed by atoms with Gasteiger partial charge in [0.05, 0.1) is 12.3 Å². The topological polar surface area (TPSA) is 42.3 Å². The third-order valence-electron chi connectivity index (χ3n) is 3.89. The molecule has 5 heteroatoms. The van der Waals surface area contributed by atoms with Crippen LogP contribution >= 0.6 is 0 Å². The van der Waals surface area contributed by atoms with Crippen molar-refractivity contribution in [1.82, 2.24) is 14.5 Å². The maximum absolute atomic E-state index is 5.08. The Morgan fingerprint density at radius 2 is 2.10 bits per heavy atom. The average Bonchev–Trinajstić information content (AvgIpc) is 2.81. The van der Waals surface area contributed by atoms with Crippen LogP contribution in [0.25, 0.3) is 0 Å². The van der Waals surface area contributed by atoms with Crippen molar-refractivity contribution in [2.45, 2.75) is 39.2 Å². The first-order valence-corrected chi connectivity index (χ1v) is 7.71. The molecule has 0 aliphatic carbocycles. The van der Waals surface area contributed by atoms with Crippen molar-refractivity contribution in [3.05, 3.63) is 11.9 Å². The summed E-state index contributed by atoms with van der Waals surface area (Å²) in [5.41, 5.74) is 1.07. The summed E-state index contributed by atoms with van der Waals surface area (Å²) >= 11 is 0. The summed E-state index contributed by atoms with van der Waals surface area (Å²) in [5.74, 6) is 0.962. The molecule has 2 heterocycles. The van der Waals surface area contributed by atoms with Gasteiger partial charge in [-0.1, -0.05) is 6.42 Å². The number of nitrogens with zero attached hydrogens (tertiary/aromatic N) is 3. The zero-order valence-electron chi connectivity index (χ0n) is 13.1. The fourth-order valence-electron chi connectivity index (χ4n) is 2.85. The lowest BCUT2D eigenvalue weighted by molar-refractivity contribution is 0.201. The fraction of sp³-hybridized carbons (Fsp3) is 0.800. The molecule has 1 aliphatic heterocycles. The summed E-state index contributed by atoms with van der Waals surface area (Å²) in [5, 5.41) is 3.36. The lowest BCUT2D eigenvalue weighted by Gasteiger charge is -2.30. The summed E-state index contributed by atoms with van der Waals surface area (Å²) in [6, 6.07) is 0.444. The van der Waals surface area contributed by atoms with Crippen LogP contribution in [0.2, 0.25) is 0 Å². The van der Waals surface area contributed by atoms with E-state index in [1.54, 1.807) is 7.11 Å².